The van der Waals surface area contributed by atoms with E-state index in [1.165, 1.54) is 95.6 Å². The molecule has 1 heterocycles. The highest BCUT2D eigenvalue weighted by Gasteiger charge is 2.32. The van der Waals surface area contributed by atoms with Gasteiger partial charge in [0.15, 0.2) is 17.4 Å². The number of unbranched alkanes of at least 4 members (excludes halogenated alkanes) is 8. The van der Waals surface area contributed by atoms with Crippen molar-refractivity contribution in [2.45, 2.75) is 166 Å². The zero-order valence-corrected chi connectivity index (χ0v) is 25.5. The number of ether oxygens (including phenoxy) is 1. The maximum absolute atomic E-state index is 14.9. The quantitative estimate of drug-likeness (QED) is 0.151. The van der Waals surface area contributed by atoms with Gasteiger partial charge in [-0.05, 0) is 67.7 Å². The van der Waals surface area contributed by atoms with Crippen molar-refractivity contribution in [2.24, 2.45) is 5.92 Å². The van der Waals surface area contributed by atoms with Crippen molar-refractivity contribution in [2.75, 3.05) is 0 Å². The predicted molar refractivity (Wildman–Crippen MR) is 158 cm³/mol. The molecule has 0 N–H and O–H groups in total. The lowest BCUT2D eigenvalue weighted by Crippen LogP contribution is -2.29. The van der Waals surface area contributed by atoms with Crippen LogP contribution in [0.4, 0.5) is 8.78 Å². The van der Waals surface area contributed by atoms with E-state index < -0.39 is 20.4 Å². The number of hydrogen-bond donors (Lipinski definition) is 0. The Bertz CT molecular complexity index is 730. The van der Waals surface area contributed by atoms with Gasteiger partial charge in [0.2, 0.25) is 0 Å². The molecular weight excluding hydrogens is 478 g/mol. The second kappa shape index (κ2) is 16.9. The second-order valence-electron chi connectivity index (χ2n) is 12.5. The molecule has 1 nitrogen and oxygen atoms in total. The van der Waals surface area contributed by atoms with Crippen molar-refractivity contribution in [3.63, 3.8) is 0 Å². The SMILES string of the molecule is CCCCCCCC1CCC([SiH]2CCC(c3cc(F)c(OC(C)CCCCCCC)c(F)c3)CC2)CC1. The Labute approximate surface area is 229 Å². The molecule has 0 radical (unpaired) electrons. The third-order valence-electron chi connectivity index (χ3n) is 9.57. The fourth-order valence-corrected chi connectivity index (χ4v) is 11.4. The third kappa shape index (κ3) is 10.3. The van der Waals surface area contributed by atoms with E-state index in [0.29, 0.717) is 5.92 Å². The molecule has 212 valence electrons. The average molecular weight is 535 g/mol. The van der Waals surface area contributed by atoms with Gasteiger partial charge >= 0.3 is 0 Å². The zero-order chi connectivity index (χ0) is 26.5. The molecule has 1 unspecified atom stereocenters. The van der Waals surface area contributed by atoms with E-state index in [-0.39, 0.29) is 11.9 Å². The van der Waals surface area contributed by atoms with Gasteiger partial charge < -0.3 is 4.74 Å². The van der Waals surface area contributed by atoms with E-state index in [2.05, 4.69) is 13.8 Å². The van der Waals surface area contributed by atoms with Crippen molar-refractivity contribution in [3.8, 4) is 5.75 Å². The number of halogens is 2. The lowest BCUT2D eigenvalue weighted by atomic mass is 9.85. The van der Waals surface area contributed by atoms with E-state index >= 15 is 0 Å². The molecule has 0 aromatic heterocycles. The molecule has 4 heteroatoms. The maximum Gasteiger partial charge on any atom is 0.191 e. The van der Waals surface area contributed by atoms with Crippen molar-refractivity contribution in [1.82, 2.24) is 0 Å². The molecule has 1 atom stereocenters. The van der Waals surface area contributed by atoms with Crippen LogP contribution >= 0.6 is 0 Å². The van der Waals surface area contributed by atoms with Gasteiger partial charge in [0, 0.05) is 8.80 Å². The first kappa shape index (κ1) is 30.6. The van der Waals surface area contributed by atoms with Gasteiger partial charge in [0.25, 0.3) is 0 Å². The van der Waals surface area contributed by atoms with Crippen LogP contribution in [0.2, 0.25) is 17.6 Å². The molecule has 1 aliphatic heterocycles. The van der Waals surface area contributed by atoms with Crippen molar-refractivity contribution < 1.29 is 13.5 Å². The highest BCUT2D eigenvalue weighted by Crippen LogP contribution is 2.44. The minimum absolute atomic E-state index is 0.158. The Morgan fingerprint density at radius 2 is 1.35 bits per heavy atom. The molecule has 1 saturated heterocycles. The number of hydrogen-bond acceptors (Lipinski definition) is 1. The van der Waals surface area contributed by atoms with E-state index in [4.69, 9.17) is 4.74 Å². The van der Waals surface area contributed by atoms with Crippen LogP contribution in [0, 0.1) is 17.6 Å². The molecule has 1 aliphatic carbocycles. The highest BCUT2D eigenvalue weighted by atomic mass is 28.3. The average Bonchev–Trinajstić information content (AvgIpc) is 2.91. The largest absolute Gasteiger partial charge is 0.485 e. The number of benzene rings is 1. The van der Waals surface area contributed by atoms with Crippen LogP contribution in [0.15, 0.2) is 12.1 Å². The van der Waals surface area contributed by atoms with E-state index in [1.54, 1.807) is 12.1 Å². The zero-order valence-electron chi connectivity index (χ0n) is 24.3. The summed E-state index contributed by atoms with van der Waals surface area (Å²) in [6, 6.07) is 5.86. The monoisotopic (exact) mass is 534 g/mol. The summed E-state index contributed by atoms with van der Waals surface area (Å²) in [6.07, 6.45) is 23.2. The third-order valence-corrected chi connectivity index (χ3v) is 13.7. The lowest BCUT2D eigenvalue weighted by Gasteiger charge is -2.37. The van der Waals surface area contributed by atoms with Crippen LogP contribution in [-0.4, -0.2) is 14.9 Å². The molecule has 0 bridgehead atoms. The van der Waals surface area contributed by atoms with E-state index in [1.807, 2.05) is 6.92 Å². The summed E-state index contributed by atoms with van der Waals surface area (Å²) in [4.78, 5) is 0. The molecule has 2 aliphatic rings. The van der Waals surface area contributed by atoms with Gasteiger partial charge in [-0.25, -0.2) is 8.78 Å². The van der Waals surface area contributed by atoms with Crippen LogP contribution in [0.1, 0.15) is 148 Å². The van der Waals surface area contributed by atoms with Gasteiger partial charge in [-0.1, -0.05) is 116 Å². The Hall–Kier alpha value is -0.903. The Kier molecular flexibility index (Phi) is 14.0. The molecule has 2 fully saturated rings. The summed E-state index contributed by atoms with van der Waals surface area (Å²) in [5.41, 5.74) is 1.87. The Morgan fingerprint density at radius 3 is 1.95 bits per heavy atom. The van der Waals surface area contributed by atoms with Crippen LogP contribution in [0.5, 0.6) is 5.75 Å². The molecule has 1 aromatic carbocycles. The van der Waals surface area contributed by atoms with Crippen molar-refractivity contribution in [3.05, 3.63) is 29.3 Å². The number of rotatable bonds is 16. The molecule has 1 aromatic rings. The minimum atomic E-state index is -0.725. The van der Waals surface area contributed by atoms with Crippen LogP contribution in [-0.2, 0) is 0 Å². The van der Waals surface area contributed by atoms with E-state index in [0.717, 1.165) is 49.1 Å². The topological polar surface area (TPSA) is 9.23 Å². The standard InChI is InChI=1S/C33H56F2OSi/c1-4-6-8-10-12-14-26(3)36-33-31(34)24-29(25-32(33)35)28-20-22-37(23-21-28)30-18-16-27(17-19-30)15-13-11-9-7-5-2/h24-28,30,37H,4-23H2,1-3H3. The van der Waals surface area contributed by atoms with Crippen molar-refractivity contribution >= 4 is 8.80 Å². The van der Waals surface area contributed by atoms with Crippen LogP contribution in [0.25, 0.3) is 0 Å². The highest BCUT2D eigenvalue weighted by molar-refractivity contribution is 6.60. The van der Waals surface area contributed by atoms with Gasteiger partial charge in [-0.2, -0.15) is 0 Å². The molecule has 0 amide bonds. The minimum Gasteiger partial charge on any atom is -0.485 e. The second-order valence-corrected chi connectivity index (χ2v) is 16.2. The van der Waals surface area contributed by atoms with E-state index in [9.17, 15) is 8.78 Å². The molecule has 0 spiro atoms. The Morgan fingerprint density at radius 1 is 0.784 bits per heavy atom. The van der Waals surface area contributed by atoms with Crippen molar-refractivity contribution in [1.29, 1.82) is 0 Å². The summed E-state index contributed by atoms with van der Waals surface area (Å²) in [5, 5.41) is 0. The smallest absolute Gasteiger partial charge is 0.191 e. The Balaban J connectivity index is 1.39. The predicted octanol–water partition coefficient (Wildman–Crippen LogP) is 11.1. The molecular formula is C33H56F2OSi. The van der Waals surface area contributed by atoms with Gasteiger partial charge in [0.05, 0.1) is 6.10 Å². The fourth-order valence-electron chi connectivity index (χ4n) is 7.13. The lowest BCUT2D eigenvalue weighted by molar-refractivity contribution is 0.188. The van der Waals surface area contributed by atoms with Gasteiger partial charge in [-0.15, -0.1) is 0 Å². The first-order valence-corrected chi connectivity index (χ1v) is 18.5. The summed E-state index contributed by atoms with van der Waals surface area (Å²) in [5.74, 6) is 0.103. The first-order valence-electron chi connectivity index (χ1n) is 16.2. The molecule has 37 heavy (non-hydrogen) atoms. The molecule has 3 rings (SSSR count). The summed E-state index contributed by atoms with van der Waals surface area (Å²) in [6.45, 7) is 6.43. The maximum atomic E-state index is 14.9. The fraction of sp³-hybridized carbons (Fsp3) is 0.818. The summed E-state index contributed by atoms with van der Waals surface area (Å²) >= 11 is 0. The van der Waals surface area contributed by atoms with Crippen LogP contribution < -0.4 is 4.74 Å². The normalized spacial score (nSPS) is 25.2. The summed E-state index contributed by atoms with van der Waals surface area (Å²) in [7, 11) is -0.725. The first-order chi connectivity index (χ1) is 18.0. The van der Waals surface area contributed by atoms with Gasteiger partial charge in [0.1, 0.15) is 0 Å². The van der Waals surface area contributed by atoms with Gasteiger partial charge in [-0.3, -0.25) is 0 Å². The van der Waals surface area contributed by atoms with Crippen LogP contribution in [0.3, 0.4) is 0 Å². The summed E-state index contributed by atoms with van der Waals surface area (Å²) < 4.78 is 35.6. The molecule has 1 saturated carbocycles.